The molecule has 0 radical (unpaired) electrons. The van der Waals surface area contributed by atoms with Gasteiger partial charge in [0.1, 0.15) is 0 Å². The Hall–Kier alpha value is -1.59. The monoisotopic (exact) mass is 263 g/mol. The van der Waals surface area contributed by atoms with Crippen molar-refractivity contribution in [3.63, 3.8) is 0 Å². The molecule has 3 N–H and O–H groups in total. The average Bonchev–Trinajstić information content (AvgIpc) is 2.42. The zero-order valence-corrected chi connectivity index (χ0v) is 11.3. The molecule has 1 fully saturated rings. The number of nitrogens with zero attached hydrogens (tertiary/aromatic N) is 1. The van der Waals surface area contributed by atoms with E-state index in [0.29, 0.717) is 37.2 Å². The van der Waals surface area contributed by atoms with Gasteiger partial charge in [0.2, 0.25) is 5.91 Å². The van der Waals surface area contributed by atoms with Crippen LogP contribution < -0.4 is 11.1 Å². The first-order chi connectivity index (χ1) is 9.20. The number of nitrogens with two attached hydrogens (primary N) is 1. The lowest BCUT2D eigenvalue weighted by molar-refractivity contribution is -0.119. The normalized spacial score (nSPS) is 20.2. The van der Waals surface area contributed by atoms with Crippen LogP contribution in [0.25, 0.3) is 0 Å². The molecule has 0 aliphatic carbocycles. The number of anilines is 2. The van der Waals surface area contributed by atoms with Gasteiger partial charge in [0.15, 0.2) is 0 Å². The van der Waals surface area contributed by atoms with Gasteiger partial charge in [-0.1, -0.05) is 19.1 Å². The van der Waals surface area contributed by atoms with Crippen molar-refractivity contribution in [2.24, 2.45) is 0 Å². The fraction of sp³-hybridized carbons (Fsp3) is 0.500. The van der Waals surface area contributed by atoms with Crippen LogP contribution in [0.2, 0.25) is 0 Å². The number of hydrogen-bond donors (Lipinski definition) is 2. The van der Waals surface area contributed by atoms with Crippen molar-refractivity contribution in [3.05, 3.63) is 24.3 Å². The highest BCUT2D eigenvalue weighted by Gasteiger charge is 2.23. The summed E-state index contributed by atoms with van der Waals surface area (Å²) in [6.07, 6.45) is 0.987. The van der Waals surface area contributed by atoms with Crippen molar-refractivity contribution in [2.75, 3.05) is 37.4 Å². The number of carbonyl (C=O) groups is 1. The van der Waals surface area contributed by atoms with E-state index in [2.05, 4.69) is 17.1 Å². The van der Waals surface area contributed by atoms with Crippen molar-refractivity contribution < 1.29 is 9.53 Å². The Morgan fingerprint density at radius 2 is 2.32 bits per heavy atom. The topological polar surface area (TPSA) is 67.6 Å². The van der Waals surface area contributed by atoms with Crippen LogP contribution >= 0.6 is 0 Å². The molecule has 0 bridgehead atoms. The lowest BCUT2D eigenvalue weighted by atomic mass is 10.2. The van der Waals surface area contributed by atoms with Gasteiger partial charge in [-0.2, -0.15) is 0 Å². The SMILES string of the molecule is CCC1COCCN1CC(=O)Nc1ccccc1N. The number of carbonyl (C=O) groups excluding carboxylic acids is 1. The highest BCUT2D eigenvalue weighted by molar-refractivity contribution is 5.95. The maximum atomic E-state index is 12.0. The molecule has 1 saturated heterocycles. The number of nitrogen functional groups attached to an aromatic ring is 1. The molecule has 19 heavy (non-hydrogen) atoms. The molecule has 1 aromatic carbocycles. The second-order valence-corrected chi connectivity index (χ2v) is 4.74. The Kier molecular flexibility index (Phi) is 4.76. The minimum absolute atomic E-state index is 0.0294. The van der Waals surface area contributed by atoms with Gasteiger partial charge in [0, 0.05) is 12.6 Å². The van der Waals surface area contributed by atoms with Gasteiger partial charge in [-0.3, -0.25) is 9.69 Å². The van der Waals surface area contributed by atoms with E-state index in [0.717, 1.165) is 13.0 Å². The van der Waals surface area contributed by atoms with Crippen LogP contribution in [0.5, 0.6) is 0 Å². The smallest absolute Gasteiger partial charge is 0.238 e. The molecule has 104 valence electrons. The number of nitrogens with one attached hydrogen (secondary N) is 1. The fourth-order valence-corrected chi connectivity index (χ4v) is 2.26. The number of rotatable bonds is 4. The molecule has 1 heterocycles. The van der Waals surface area contributed by atoms with Crippen molar-refractivity contribution in [1.82, 2.24) is 4.90 Å². The van der Waals surface area contributed by atoms with Gasteiger partial charge in [0.05, 0.1) is 31.1 Å². The quantitative estimate of drug-likeness (QED) is 0.804. The molecular weight excluding hydrogens is 242 g/mol. The molecule has 0 spiro atoms. The van der Waals surface area contributed by atoms with Crippen LogP contribution in [0.4, 0.5) is 11.4 Å². The van der Waals surface area contributed by atoms with Gasteiger partial charge in [-0.15, -0.1) is 0 Å². The van der Waals surface area contributed by atoms with Crippen LogP contribution in [0.3, 0.4) is 0 Å². The summed E-state index contributed by atoms with van der Waals surface area (Å²) in [6, 6.07) is 7.62. The standard InChI is InChI=1S/C14H21N3O2/c1-2-11-10-19-8-7-17(11)9-14(18)16-13-6-4-3-5-12(13)15/h3-6,11H,2,7-10,15H2,1H3,(H,16,18). The van der Waals surface area contributed by atoms with Crippen molar-refractivity contribution in [1.29, 1.82) is 0 Å². The molecule has 0 saturated carbocycles. The second kappa shape index (κ2) is 6.54. The van der Waals surface area contributed by atoms with Gasteiger partial charge >= 0.3 is 0 Å². The van der Waals surface area contributed by atoms with Crippen molar-refractivity contribution >= 4 is 17.3 Å². The van der Waals surface area contributed by atoms with E-state index < -0.39 is 0 Å². The largest absolute Gasteiger partial charge is 0.397 e. The average molecular weight is 263 g/mol. The maximum absolute atomic E-state index is 12.0. The summed E-state index contributed by atoms with van der Waals surface area (Å²) in [5.74, 6) is -0.0294. The van der Waals surface area contributed by atoms with Crippen LogP contribution in [0.15, 0.2) is 24.3 Å². The van der Waals surface area contributed by atoms with E-state index in [-0.39, 0.29) is 5.91 Å². The number of para-hydroxylation sites is 2. The third-order valence-electron chi connectivity index (χ3n) is 3.40. The summed E-state index contributed by atoms with van der Waals surface area (Å²) in [6.45, 7) is 4.69. The third-order valence-corrected chi connectivity index (χ3v) is 3.40. The molecule has 5 heteroatoms. The van der Waals surface area contributed by atoms with E-state index in [9.17, 15) is 4.79 Å². The van der Waals surface area contributed by atoms with Gasteiger partial charge in [-0.05, 0) is 18.6 Å². The summed E-state index contributed by atoms with van der Waals surface area (Å²) in [5, 5.41) is 2.86. The summed E-state index contributed by atoms with van der Waals surface area (Å²) in [7, 11) is 0. The van der Waals surface area contributed by atoms with Crippen LogP contribution in [0.1, 0.15) is 13.3 Å². The third kappa shape index (κ3) is 3.68. The summed E-state index contributed by atoms with van der Waals surface area (Å²) in [5.41, 5.74) is 7.07. The Morgan fingerprint density at radius 3 is 3.05 bits per heavy atom. The highest BCUT2D eigenvalue weighted by atomic mass is 16.5. The summed E-state index contributed by atoms with van der Waals surface area (Å²) >= 11 is 0. The Balaban J connectivity index is 1.92. The lowest BCUT2D eigenvalue weighted by Gasteiger charge is -2.34. The zero-order valence-electron chi connectivity index (χ0n) is 11.3. The number of ether oxygens (including phenoxy) is 1. The molecule has 2 rings (SSSR count). The van der Waals surface area contributed by atoms with Crippen LogP contribution in [0, 0.1) is 0 Å². The highest BCUT2D eigenvalue weighted by Crippen LogP contribution is 2.17. The van der Waals surface area contributed by atoms with E-state index in [4.69, 9.17) is 10.5 Å². The molecule has 1 atom stereocenters. The molecule has 1 aliphatic rings. The first-order valence-corrected chi connectivity index (χ1v) is 6.67. The van der Waals surface area contributed by atoms with Gasteiger partial charge in [-0.25, -0.2) is 0 Å². The molecule has 1 amide bonds. The van der Waals surface area contributed by atoms with Crippen LogP contribution in [-0.4, -0.2) is 43.2 Å². The fourth-order valence-electron chi connectivity index (χ4n) is 2.26. The van der Waals surface area contributed by atoms with Crippen molar-refractivity contribution in [3.8, 4) is 0 Å². The summed E-state index contributed by atoms with van der Waals surface area (Å²) < 4.78 is 5.43. The molecule has 0 aromatic heterocycles. The first-order valence-electron chi connectivity index (χ1n) is 6.67. The van der Waals surface area contributed by atoms with E-state index >= 15 is 0 Å². The molecule has 1 unspecified atom stereocenters. The predicted molar refractivity (Wildman–Crippen MR) is 76.0 cm³/mol. The molecular formula is C14H21N3O2. The minimum Gasteiger partial charge on any atom is -0.397 e. The first kappa shape index (κ1) is 13.8. The van der Waals surface area contributed by atoms with E-state index in [1.165, 1.54) is 0 Å². The Labute approximate surface area is 113 Å². The number of benzene rings is 1. The summed E-state index contributed by atoms with van der Waals surface area (Å²) in [4.78, 5) is 14.2. The lowest BCUT2D eigenvalue weighted by Crippen LogP contribution is -2.48. The number of hydrogen-bond acceptors (Lipinski definition) is 4. The van der Waals surface area contributed by atoms with E-state index in [1.54, 1.807) is 6.07 Å². The zero-order chi connectivity index (χ0) is 13.7. The molecule has 1 aromatic rings. The number of morpholine rings is 1. The van der Waals surface area contributed by atoms with Crippen LogP contribution in [-0.2, 0) is 9.53 Å². The second-order valence-electron chi connectivity index (χ2n) is 4.74. The minimum atomic E-state index is -0.0294. The van der Waals surface area contributed by atoms with Gasteiger partial charge in [0.25, 0.3) is 0 Å². The maximum Gasteiger partial charge on any atom is 0.238 e. The number of amides is 1. The van der Waals surface area contributed by atoms with Crippen molar-refractivity contribution in [2.45, 2.75) is 19.4 Å². The molecule has 5 nitrogen and oxygen atoms in total. The predicted octanol–water partition coefficient (Wildman–Crippen LogP) is 1.32. The van der Waals surface area contributed by atoms with Gasteiger partial charge < -0.3 is 15.8 Å². The Morgan fingerprint density at radius 1 is 1.53 bits per heavy atom. The Bertz CT molecular complexity index is 436. The molecule has 1 aliphatic heterocycles. The van der Waals surface area contributed by atoms with E-state index in [1.807, 2.05) is 18.2 Å².